The van der Waals surface area contributed by atoms with E-state index in [4.69, 9.17) is 0 Å². The molecule has 0 unspecified atom stereocenters. The molecule has 1 aromatic heterocycles. The highest BCUT2D eigenvalue weighted by atomic mass is 79.9. The summed E-state index contributed by atoms with van der Waals surface area (Å²) in [5.41, 5.74) is 0.939. The summed E-state index contributed by atoms with van der Waals surface area (Å²) in [5.74, 6) is -0.465. The fourth-order valence-electron chi connectivity index (χ4n) is 2.27. The highest BCUT2D eigenvalue weighted by Crippen LogP contribution is 2.30. The number of aromatic nitrogens is 1. The quantitative estimate of drug-likeness (QED) is 0.728. The van der Waals surface area contributed by atoms with Gasteiger partial charge in [-0.3, -0.25) is 4.79 Å². The van der Waals surface area contributed by atoms with E-state index in [2.05, 4.69) is 25.7 Å². The van der Waals surface area contributed by atoms with E-state index in [1.807, 2.05) is 29.2 Å². The first kappa shape index (κ1) is 16.1. The van der Waals surface area contributed by atoms with E-state index in [0.717, 1.165) is 22.3 Å². The van der Waals surface area contributed by atoms with Crippen molar-refractivity contribution >= 4 is 39.1 Å². The molecule has 1 aliphatic rings. The van der Waals surface area contributed by atoms with E-state index in [1.165, 1.54) is 18.4 Å². The smallest absolute Gasteiger partial charge is 0.357 e. The van der Waals surface area contributed by atoms with Crippen LogP contribution in [0.5, 0.6) is 0 Å². The van der Waals surface area contributed by atoms with Gasteiger partial charge < -0.3 is 9.64 Å². The number of carbonyl (C=O) groups is 2. The van der Waals surface area contributed by atoms with Gasteiger partial charge in [-0.1, -0.05) is 22.0 Å². The molecular formula is C16H15BrN2O3S. The number of thiazole rings is 1. The van der Waals surface area contributed by atoms with Crippen LogP contribution in [0.2, 0.25) is 0 Å². The molecule has 7 heteroatoms. The van der Waals surface area contributed by atoms with Gasteiger partial charge in [-0.15, -0.1) is 11.3 Å². The molecule has 0 N–H and O–H groups in total. The number of hydrogen-bond donors (Lipinski definition) is 0. The van der Waals surface area contributed by atoms with E-state index >= 15 is 0 Å². The van der Waals surface area contributed by atoms with E-state index in [9.17, 15) is 9.59 Å². The number of ether oxygens (including phenoxy) is 1. The summed E-state index contributed by atoms with van der Waals surface area (Å²) >= 11 is 4.76. The second-order valence-electron chi connectivity index (χ2n) is 5.29. The van der Waals surface area contributed by atoms with Crippen LogP contribution < -0.4 is 0 Å². The Morgan fingerprint density at radius 1 is 1.43 bits per heavy atom. The lowest BCUT2D eigenvalue weighted by molar-refractivity contribution is 0.0594. The van der Waals surface area contributed by atoms with Crippen molar-refractivity contribution in [2.75, 3.05) is 7.11 Å². The van der Waals surface area contributed by atoms with Crippen molar-refractivity contribution < 1.29 is 14.3 Å². The monoisotopic (exact) mass is 394 g/mol. The molecule has 1 amide bonds. The van der Waals surface area contributed by atoms with Crippen molar-refractivity contribution in [1.82, 2.24) is 9.88 Å². The summed E-state index contributed by atoms with van der Waals surface area (Å²) in [6, 6.07) is 7.62. The molecule has 0 radical (unpaired) electrons. The third kappa shape index (κ3) is 3.79. The summed E-state index contributed by atoms with van der Waals surface area (Å²) in [7, 11) is 1.33. The van der Waals surface area contributed by atoms with Crippen LogP contribution >= 0.6 is 27.3 Å². The van der Waals surface area contributed by atoms with Crippen LogP contribution in [0.1, 0.15) is 38.7 Å². The van der Waals surface area contributed by atoms with E-state index in [0.29, 0.717) is 12.1 Å². The van der Waals surface area contributed by atoms with E-state index < -0.39 is 5.97 Å². The second-order valence-corrected chi connectivity index (χ2v) is 7.15. The molecular weight excluding hydrogens is 380 g/mol. The summed E-state index contributed by atoms with van der Waals surface area (Å²) in [6.07, 6.45) is 2.02. The minimum atomic E-state index is -0.455. The molecule has 0 spiro atoms. The van der Waals surface area contributed by atoms with Gasteiger partial charge in [-0.05, 0) is 31.0 Å². The molecule has 1 aromatic carbocycles. The third-order valence-corrected chi connectivity index (χ3v) is 4.90. The van der Waals surface area contributed by atoms with Gasteiger partial charge in [0.25, 0.3) is 5.91 Å². The second kappa shape index (κ2) is 6.80. The molecule has 1 heterocycles. The average molecular weight is 395 g/mol. The lowest BCUT2D eigenvalue weighted by atomic mass is 10.2. The van der Waals surface area contributed by atoms with Gasteiger partial charge in [0.15, 0.2) is 5.69 Å². The molecule has 0 saturated heterocycles. The molecule has 1 fully saturated rings. The number of benzene rings is 1. The van der Waals surface area contributed by atoms with Gasteiger partial charge in [0.2, 0.25) is 0 Å². The fourth-order valence-corrected chi connectivity index (χ4v) is 3.43. The largest absolute Gasteiger partial charge is 0.464 e. The summed E-state index contributed by atoms with van der Waals surface area (Å²) in [6.45, 7) is 0.414. The number of esters is 1. The zero-order valence-corrected chi connectivity index (χ0v) is 14.9. The zero-order valence-electron chi connectivity index (χ0n) is 12.5. The fraction of sp³-hybridized carbons (Fsp3) is 0.312. The van der Waals surface area contributed by atoms with Crippen molar-refractivity contribution in [3.8, 4) is 0 Å². The number of carbonyl (C=O) groups excluding carboxylic acids is 2. The molecule has 5 nitrogen and oxygen atoms in total. The van der Waals surface area contributed by atoms with Crippen molar-refractivity contribution in [3.05, 3.63) is 50.4 Å². The van der Waals surface area contributed by atoms with Gasteiger partial charge in [0.1, 0.15) is 5.01 Å². The Bertz CT molecular complexity index is 742. The lowest BCUT2D eigenvalue weighted by Crippen LogP contribution is -2.32. The molecule has 120 valence electrons. The maximum atomic E-state index is 12.8. The van der Waals surface area contributed by atoms with Crippen molar-refractivity contribution in [3.63, 3.8) is 0 Å². The normalized spacial score (nSPS) is 13.7. The molecule has 0 aliphatic heterocycles. The molecule has 2 aromatic rings. The first-order valence-corrected chi connectivity index (χ1v) is 8.85. The first-order chi connectivity index (χ1) is 11.1. The minimum Gasteiger partial charge on any atom is -0.464 e. The van der Waals surface area contributed by atoms with Crippen LogP contribution in [-0.4, -0.2) is 34.9 Å². The maximum absolute atomic E-state index is 12.8. The van der Waals surface area contributed by atoms with Crippen LogP contribution in [0.4, 0.5) is 0 Å². The van der Waals surface area contributed by atoms with Crippen LogP contribution in [0.25, 0.3) is 0 Å². The van der Waals surface area contributed by atoms with Gasteiger partial charge >= 0.3 is 5.97 Å². The topological polar surface area (TPSA) is 59.5 Å². The SMILES string of the molecule is COC(=O)c1csc(CN(C(=O)c2cccc(Br)c2)C2CC2)n1. The van der Waals surface area contributed by atoms with Crippen molar-refractivity contribution in [1.29, 1.82) is 0 Å². The average Bonchev–Trinajstić information content (AvgIpc) is 3.29. The Hall–Kier alpha value is -1.73. The molecule has 3 rings (SSSR count). The Balaban J connectivity index is 1.78. The third-order valence-electron chi connectivity index (χ3n) is 3.57. The van der Waals surface area contributed by atoms with E-state index in [-0.39, 0.29) is 17.6 Å². The Morgan fingerprint density at radius 2 is 2.22 bits per heavy atom. The predicted molar refractivity (Wildman–Crippen MR) is 90.5 cm³/mol. The van der Waals surface area contributed by atoms with Crippen LogP contribution in [0.15, 0.2) is 34.1 Å². The summed E-state index contributed by atoms with van der Waals surface area (Å²) in [4.78, 5) is 30.4. The van der Waals surface area contributed by atoms with Crippen molar-refractivity contribution in [2.45, 2.75) is 25.4 Å². The predicted octanol–water partition coefficient (Wildman–Crippen LogP) is 3.50. The Kier molecular flexibility index (Phi) is 4.77. The first-order valence-electron chi connectivity index (χ1n) is 7.17. The molecule has 0 atom stereocenters. The number of methoxy groups -OCH3 is 1. The van der Waals surface area contributed by atoms with E-state index in [1.54, 1.807) is 5.38 Å². The summed E-state index contributed by atoms with van der Waals surface area (Å²) in [5, 5.41) is 2.40. The lowest BCUT2D eigenvalue weighted by Gasteiger charge is -2.21. The molecule has 1 saturated carbocycles. The van der Waals surface area contributed by atoms with Gasteiger partial charge in [-0.2, -0.15) is 0 Å². The highest BCUT2D eigenvalue weighted by Gasteiger charge is 2.33. The highest BCUT2D eigenvalue weighted by molar-refractivity contribution is 9.10. The van der Waals surface area contributed by atoms with Crippen LogP contribution in [0, 0.1) is 0 Å². The van der Waals surface area contributed by atoms with Crippen LogP contribution in [0.3, 0.4) is 0 Å². The number of amides is 1. The number of rotatable bonds is 5. The van der Waals surface area contributed by atoms with Crippen molar-refractivity contribution in [2.24, 2.45) is 0 Å². The summed E-state index contributed by atoms with van der Waals surface area (Å²) < 4.78 is 5.54. The van der Waals surface area contributed by atoms with Crippen LogP contribution in [-0.2, 0) is 11.3 Å². The number of halogens is 1. The standard InChI is InChI=1S/C16H15BrN2O3S/c1-22-16(21)13-9-23-14(18-13)8-19(12-5-6-12)15(20)10-3-2-4-11(17)7-10/h2-4,7,9,12H,5-6,8H2,1H3. The minimum absolute atomic E-state index is 0.0105. The number of hydrogen-bond acceptors (Lipinski definition) is 5. The molecule has 0 bridgehead atoms. The van der Waals surface area contributed by atoms with Gasteiger partial charge in [0, 0.05) is 21.5 Å². The van der Waals surface area contributed by atoms with Gasteiger partial charge in [0.05, 0.1) is 13.7 Å². The van der Waals surface area contributed by atoms with Gasteiger partial charge in [-0.25, -0.2) is 9.78 Å². The number of nitrogens with zero attached hydrogens (tertiary/aromatic N) is 2. The molecule has 23 heavy (non-hydrogen) atoms. The Labute approximate surface area is 146 Å². The Morgan fingerprint density at radius 3 is 2.87 bits per heavy atom. The zero-order chi connectivity index (χ0) is 16.4. The maximum Gasteiger partial charge on any atom is 0.357 e. The molecule has 1 aliphatic carbocycles.